The highest BCUT2D eigenvalue weighted by Gasteiger charge is 2.34. The lowest BCUT2D eigenvalue weighted by Crippen LogP contribution is -2.48. The van der Waals surface area contributed by atoms with Crippen molar-refractivity contribution in [1.29, 1.82) is 0 Å². The standard InChI is InChI=1S/C17H25N5O/c1-12-8-17(22-16(18-12)9-13(2)20-22)19-14-10-23-11-15(14)21-6-4-3-5-7-21/h8-9,14-15,19H,3-7,10-11H2,1-2H3/t14-,15-/m0/s1. The third-order valence-corrected chi connectivity index (χ3v) is 4.92. The van der Waals surface area contributed by atoms with Crippen molar-refractivity contribution in [3.05, 3.63) is 23.5 Å². The van der Waals surface area contributed by atoms with Crippen molar-refractivity contribution in [2.45, 2.75) is 45.2 Å². The summed E-state index contributed by atoms with van der Waals surface area (Å²) in [6.45, 7) is 7.99. The average molecular weight is 315 g/mol. The Hall–Kier alpha value is -1.66. The van der Waals surface area contributed by atoms with Crippen LogP contribution in [0.4, 0.5) is 5.82 Å². The first-order chi connectivity index (χ1) is 11.2. The largest absolute Gasteiger partial charge is 0.378 e. The van der Waals surface area contributed by atoms with Gasteiger partial charge in [-0.05, 0) is 39.8 Å². The number of hydrogen-bond donors (Lipinski definition) is 1. The van der Waals surface area contributed by atoms with Crippen LogP contribution in [-0.4, -0.2) is 57.9 Å². The van der Waals surface area contributed by atoms with Gasteiger partial charge in [0, 0.05) is 17.8 Å². The highest BCUT2D eigenvalue weighted by Crippen LogP contribution is 2.22. The smallest absolute Gasteiger partial charge is 0.157 e. The maximum absolute atomic E-state index is 5.79. The molecule has 0 bridgehead atoms. The molecule has 4 heterocycles. The molecule has 2 aliphatic rings. The SMILES string of the molecule is Cc1cc(N[C@H]2COC[C@@H]2N2CCCCC2)n2nc(C)cc2n1. The minimum Gasteiger partial charge on any atom is -0.378 e. The van der Waals surface area contributed by atoms with E-state index in [0.717, 1.165) is 36.1 Å². The molecule has 0 saturated carbocycles. The Morgan fingerprint density at radius 3 is 2.74 bits per heavy atom. The minimum atomic E-state index is 0.308. The van der Waals surface area contributed by atoms with E-state index in [-0.39, 0.29) is 0 Å². The summed E-state index contributed by atoms with van der Waals surface area (Å²) in [4.78, 5) is 7.15. The van der Waals surface area contributed by atoms with Crippen LogP contribution in [-0.2, 0) is 4.74 Å². The summed E-state index contributed by atoms with van der Waals surface area (Å²) in [5.41, 5.74) is 2.90. The molecule has 2 aliphatic heterocycles. The molecule has 2 fully saturated rings. The fourth-order valence-electron chi connectivity index (χ4n) is 3.80. The number of nitrogens with zero attached hydrogens (tertiary/aromatic N) is 4. The van der Waals surface area contributed by atoms with Gasteiger partial charge in [0.05, 0.1) is 31.0 Å². The molecule has 6 nitrogen and oxygen atoms in total. The van der Waals surface area contributed by atoms with Crippen LogP contribution in [0.3, 0.4) is 0 Å². The van der Waals surface area contributed by atoms with Gasteiger partial charge in [0.25, 0.3) is 0 Å². The summed E-state index contributed by atoms with van der Waals surface area (Å²) in [6, 6.07) is 4.86. The number of hydrogen-bond acceptors (Lipinski definition) is 5. The summed E-state index contributed by atoms with van der Waals surface area (Å²) in [5.74, 6) is 1.01. The fourth-order valence-corrected chi connectivity index (χ4v) is 3.80. The van der Waals surface area contributed by atoms with E-state index in [1.54, 1.807) is 0 Å². The van der Waals surface area contributed by atoms with Crippen LogP contribution in [0, 0.1) is 13.8 Å². The third kappa shape index (κ3) is 2.93. The van der Waals surface area contributed by atoms with Gasteiger partial charge in [-0.2, -0.15) is 9.61 Å². The van der Waals surface area contributed by atoms with Crippen molar-refractivity contribution in [1.82, 2.24) is 19.5 Å². The number of anilines is 1. The maximum atomic E-state index is 5.79. The Morgan fingerprint density at radius 2 is 1.91 bits per heavy atom. The number of fused-ring (bicyclic) bond motifs is 1. The van der Waals surface area contributed by atoms with Crippen LogP contribution in [0.15, 0.2) is 12.1 Å². The monoisotopic (exact) mass is 315 g/mol. The van der Waals surface area contributed by atoms with Crippen LogP contribution in [0.25, 0.3) is 5.65 Å². The lowest BCUT2D eigenvalue weighted by atomic mass is 10.0. The molecule has 2 atom stereocenters. The molecular formula is C17H25N5O. The number of aryl methyl sites for hydroxylation is 2. The number of nitrogens with one attached hydrogen (secondary N) is 1. The molecule has 2 aromatic rings. The normalized spacial score (nSPS) is 26.0. The van der Waals surface area contributed by atoms with E-state index in [0.29, 0.717) is 12.1 Å². The Labute approximate surface area is 136 Å². The third-order valence-electron chi connectivity index (χ3n) is 4.92. The summed E-state index contributed by atoms with van der Waals surface area (Å²) in [6.07, 6.45) is 3.97. The second-order valence-corrected chi connectivity index (χ2v) is 6.79. The zero-order valence-corrected chi connectivity index (χ0v) is 14.0. The number of piperidine rings is 1. The molecule has 0 unspecified atom stereocenters. The van der Waals surface area contributed by atoms with E-state index in [4.69, 9.17) is 4.74 Å². The van der Waals surface area contributed by atoms with E-state index in [9.17, 15) is 0 Å². The van der Waals surface area contributed by atoms with E-state index >= 15 is 0 Å². The van der Waals surface area contributed by atoms with Crippen LogP contribution in [0.5, 0.6) is 0 Å². The number of rotatable bonds is 3. The lowest BCUT2D eigenvalue weighted by molar-refractivity contribution is 0.127. The molecule has 4 rings (SSSR count). The van der Waals surface area contributed by atoms with Gasteiger partial charge in [-0.25, -0.2) is 4.98 Å². The molecule has 124 valence electrons. The number of aromatic nitrogens is 3. The Balaban J connectivity index is 1.59. The predicted octanol–water partition coefficient (Wildman–Crippen LogP) is 2.01. The molecule has 2 aromatic heterocycles. The molecule has 2 saturated heterocycles. The Bertz CT molecular complexity index is 692. The highest BCUT2D eigenvalue weighted by molar-refractivity contribution is 5.51. The van der Waals surface area contributed by atoms with Crippen molar-refractivity contribution in [3.63, 3.8) is 0 Å². The predicted molar refractivity (Wildman–Crippen MR) is 89.9 cm³/mol. The van der Waals surface area contributed by atoms with Gasteiger partial charge in [0.15, 0.2) is 5.65 Å². The molecule has 0 radical (unpaired) electrons. The van der Waals surface area contributed by atoms with Gasteiger partial charge in [0.2, 0.25) is 0 Å². The van der Waals surface area contributed by atoms with Crippen molar-refractivity contribution in [2.24, 2.45) is 0 Å². The lowest BCUT2D eigenvalue weighted by Gasteiger charge is -2.35. The summed E-state index contributed by atoms with van der Waals surface area (Å²) < 4.78 is 7.70. The quantitative estimate of drug-likeness (QED) is 0.939. The molecule has 0 aliphatic carbocycles. The van der Waals surface area contributed by atoms with Crippen LogP contribution >= 0.6 is 0 Å². The average Bonchev–Trinajstić information content (AvgIpc) is 3.14. The number of ether oxygens (including phenoxy) is 1. The second-order valence-electron chi connectivity index (χ2n) is 6.79. The van der Waals surface area contributed by atoms with Crippen molar-refractivity contribution >= 4 is 11.5 Å². The zero-order valence-electron chi connectivity index (χ0n) is 14.0. The van der Waals surface area contributed by atoms with Gasteiger partial charge in [-0.15, -0.1) is 0 Å². The van der Waals surface area contributed by atoms with Gasteiger partial charge >= 0.3 is 0 Å². The van der Waals surface area contributed by atoms with Crippen LogP contribution in [0.1, 0.15) is 30.7 Å². The van der Waals surface area contributed by atoms with Crippen molar-refractivity contribution < 1.29 is 4.74 Å². The van der Waals surface area contributed by atoms with Gasteiger partial charge in [-0.3, -0.25) is 4.90 Å². The molecule has 0 amide bonds. The number of likely N-dealkylation sites (tertiary alicyclic amines) is 1. The van der Waals surface area contributed by atoms with Gasteiger partial charge in [0.1, 0.15) is 5.82 Å². The van der Waals surface area contributed by atoms with Crippen molar-refractivity contribution in [3.8, 4) is 0 Å². The van der Waals surface area contributed by atoms with E-state index in [1.807, 2.05) is 24.4 Å². The Kier molecular flexibility index (Phi) is 3.95. The molecule has 1 N–H and O–H groups in total. The topological polar surface area (TPSA) is 54.7 Å². The van der Waals surface area contributed by atoms with E-state index < -0.39 is 0 Å². The molecule has 0 spiro atoms. The van der Waals surface area contributed by atoms with Gasteiger partial charge < -0.3 is 10.1 Å². The first-order valence-corrected chi connectivity index (χ1v) is 8.63. The van der Waals surface area contributed by atoms with E-state index in [1.165, 1.54) is 32.4 Å². The summed E-state index contributed by atoms with van der Waals surface area (Å²) in [7, 11) is 0. The molecule has 6 heteroatoms. The van der Waals surface area contributed by atoms with Crippen LogP contribution in [0.2, 0.25) is 0 Å². The minimum absolute atomic E-state index is 0.308. The first kappa shape index (κ1) is 14.9. The maximum Gasteiger partial charge on any atom is 0.157 e. The fraction of sp³-hybridized carbons (Fsp3) is 0.647. The zero-order chi connectivity index (χ0) is 15.8. The van der Waals surface area contributed by atoms with E-state index in [2.05, 4.69) is 26.4 Å². The summed E-state index contributed by atoms with van der Waals surface area (Å²) >= 11 is 0. The van der Waals surface area contributed by atoms with Gasteiger partial charge in [-0.1, -0.05) is 6.42 Å². The van der Waals surface area contributed by atoms with Crippen molar-refractivity contribution in [2.75, 3.05) is 31.6 Å². The second kappa shape index (κ2) is 6.09. The first-order valence-electron chi connectivity index (χ1n) is 8.63. The molecule has 23 heavy (non-hydrogen) atoms. The summed E-state index contributed by atoms with van der Waals surface area (Å²) in [5, 5.41) is 8.25. The molecular weight excluding hydrogens is 290 g/mol. The van der Waals surface area contributed by atoms with Crippen LogP contribution < -0.4 is 5.32 Å². The highest BCUT2D eigenvalue weighted by atomic mass is 16.5. The molecule has 0 aromatic carbocycles. The Morgan fingerprint density at radius 1 is 1.09 bits per heavy atom.